The van der Waals surface area contributed by atoms with E-state index in [1.54, 1.807) is 24.5 Å². The highest BCUT2D eigenvalue weighted by molar-refractivity contribution is 6.41. The smallest absolute Gasteiger partial charge is 0.381 e. The molecule has 0 aliphatic carbocycles. The molecule has 1 aromatic heterocycles. The number of aromatic nitrogens is 1. The van der Waals surface area contributed by atoms with Gasteiger partial charge >= 0.3 is 5.97 Å². The van der Waals surface area contributed by atoms with Crippen molar-refractivity contribution in [2.24, 2.45) is 0 Å². The first-order valence-corrected chi connectivity index (χ1v) is 6.90. The van der Waals surface area contributed by atoms with E-state index >= 15 is 0 Å². The molecule has 1 aromatic carbocycles. The van der Waals surface area contributed by atoms with Gasteiger partial charge in [0, 0.05) is 16.9 Å². The van der Waals surface area contributed by atoms with E-state index in [1.807, 2.05) is 13.8 Å². The number of halogens is 1. The molecule has 0 atom stereocenters. The average molecular weight is 291 g/mol. The number of rotatable bonds is 4. The summed E-state index contributed by atoms with van der Waals surface area (Å²) in [7, 11) is 0. The Hall–Kier alpha value is -2.17. The van der Waals surface area contributed by atoms with Gasteiger partial charge in [0.05, 0.1) is 6.61 Å². The van der Waals surface area contributed by atoms with E-state index in [2.05, 4.69) is 0 Å². The second-order valence-electron chi connectivity index (χ2n) is 5.15. The topological polar surface area (TPSA) is 48.3 Å². The van der Waals surface area contributed by atoms with Crippen LogP contribution < -0.4 is 0 Å². The fourth-order valence-corrected chi connectivity index (χ4v) is 2.56. The van der Waals surface area contributed by atoms with E-state index in [0.717, 1.165) is 5.52 Å². The van der Waals surface area contributed by atoms with Gasteiger partial charge in [-0.25, -0.2) is 9.18 Å². The zero-order chi connectivity index (χ0) is 15.7. The number of esters is 1. The molecule has 4 nitrogen and oxygen atoms in total. The molecule has 0 radical (unpaired) electrons. The summed E-state index contributed by atoms with van der Waals surface area (Å²) < 4.78 is 20.0. The number of Topliss-reactive ketones (excluding diaryl/α,β-unsaturated/α-hetero) is 1. The van der Waals surface area contributed by atoms with E-state index in [-0.39, 0.29) is 24.2 Å². The van der Waals surface area contributed by atoms with Crippen molar-refractivity contribution in [1.82, 2.24) is 4.57 Å². The number of carbonyl (C=O) groups is 2. The number of carbonyl (C=O) groups excluding carboxylic acids is 2. The maximum Gasteiger partial charge on any atom is 0.381 e. The summed E-state index contributed by atoms with van der Waals surface area (Å²) in [5.74, 6) is -1.95. The van der Waals surface area contributed by atoms with Gasteiger partial charge in [-0.15, -0.1) is 0 Å². The number of hydrogen-bond donors (Lipinski definition) is 0. The summed E-state index contributed by atoms with van der Waals surface area (Å²) in [6, 6.07) is 4.31. The molecule has 0 unspecified atom stereocenters. The largest absolute Gasteiger partial charge is 0.460 e. The zero-order valence-corrected chi connectivity index (χ0v) is 12.6. The molecule has 2 aromatic rings. The number of hydrogen-bond acceptors (Lipinski definition) is 3. The normalized spacial score (nSPS) is 11.1. The average Bonchev–Trinajstić information content (AvgIpc) is 2.71. The zero-order valence-electron chi connectivity index (χ0n) is 12.6. The lowest BCUT2D eigenvalue weighted by molar-refractivity contribution is -0.137. The quantitative estimate of drug-likeness (QED) is 0.492. The number of benzene rings is 1. The Kier molecular flexibility index (Phi) is 4.11. The molecular weight excluding hydrogens is 273 g/mol. The molecule has 0 saturated heterocycles. The molecule has 0 fully saturated rings. The van der Waals surface area contributed by atoms with Gasteiger partial charge in [-0.1, -0.05) is 0 Å². The Labute approximate surface area is 122 Å². The first-order chi connectivity index (χ1) is 9.88. The maximum atomic E-state index is 13.5. The van der Waals surface area contributed by atoms with Crippen molar-refractivity contribution in [2.45, 2.75) is 33.7 Å². The highest BCUT2D eigenvalue weighted by atomic mass is 19.1. The molecule has 1 heterocycles. The Balaban J connectivity index is 2.72. The van der Waals surface area contributed by atoms with E-state index in [9.17, 15) is 14.0 Å². The fraction of sp³-hybridized carbons (Fsp3) is 0.375. The third-order valence-corrected chi connectivity index (χ3v) is 3.41. The summed E-state index contributed by atoms with van der Waals surface area (Å²) in [6.45, 7) is 7.31. The molecule has 5 heteroatoms. The lowest BCUT2D eigenvalue weighted by Crippen LogP contribution is -2.22. The third-order valence-electron chi connectivity index (χ3n) is 3.41. The molecule has 0 aliphatic rings. The molecule has 0 amide bonds. The van der Waals surface area contributed by atoms with Gasteiger partial charge in [0.25, 0.3) is 5.78 Å². The molecule has 0 N–H and O–H groups in total. The molecule has 21 heavy (non-hydrogen) atoms. The maximum absolute atomic E-state index is 13.5. The Morgan fingerprint density at radius 2 is 2.00 bits per heavy atom. The number of aryl methyl sites for hydroxylation is 1. The standard InChI is InChI=1S/C16H18FNO3/c1-5-21-16(20)15(19)14-10(4)12-8-11(17)6-7-13(12)18(14)9(2)3/h6-9H,5H2,1-4H3. The van der Waals surface area contributed by atoms with Gasteiger partial charge in [0.1, 0.15) is 11.5 Å². The Bertz CT molecular complexity index is 716. The summed E-state index contributed by atoms with van der Waals surface area (Å²) in [6.07, 6.45) is 0. The van der Waals surface area contributed by atoms with Crippen LogP contribution in [0.25, 0.3) is 10.9 Å². The second kappa shape index (κ2) is 5.68. The van der Waals surface area contributed by atoms with Crippen LogP contribution >= 0.6 is 0 Å². The minimum absolute atomic E-state index is 0.0416. The van der Waals surface area contributed by atoms with Crippen molar-refractivity contribution in [3.63, 3.8) is 0 Å². The van der Waals surface area contributed by atoms with Crippen LogP contribution in [-0.2, 0) is 9.53 Å². The van der Waals surface area contributed by atoms with Gasteiger partial charge in [-0.2, -0.15) is 0 Å². The lowest BCUT2D eigenvalue weighted by atomic mass is 10.1. The van der Waals surface area contributed by atoms with Crippen LogP contribution in [0, 0.1) is 12.7 Å². The van der Waals surface area contributed by atoms with Gasteiger partial charge in [-0.05, 0) is 51.5 Å². The molecule has 0 saturated carbocycles. The predicted molar refractivity (Wildman–Crippen MR) is 78.0 cm³/mol. The Morgan fingerprint density at radius 3 is 2.57 bits per heavy atom. The Morgan fingerprint density at radius 1 is 1.33 bits per heavy atom. The molecule has 112 valence electrons. The van der Waals surface area contributed by atoms with Crippen LogP contribution in [0.1, 0.15) is 42.9 Å². The lowest BCUT2D eigenvalue weighted by Gasteiger charge is -2.14. The molecular formula is C16H18FNO3. The van der Waals surface area contributed by atoms with Crippen molar-refractivity contribution < 1.29 is 18.7 Å². The first kappa shape index (κ1) is 15.2. The number of nitrogens with zero attached hydrogens (tertiary/aromatic N) is 1. The number of ether oxygens (including phenoxy) is 1. The van der Waals surface area contributed by atoms with Gasteiger partial charge in [0.2, 0.25) is 0 Å². The summed E-state index contributed by atoms with van der Waals surface area (Å²) >= 11 is 0. The van der Waals surface area contributed by atoms with Crippen LogP contribution in [0.4, 0.5) is 4.39 Å². The van der Waals surface area contributed by atoms with E-state index in [0.29, 0.717) is 10.9 Å². The van der Waals surface area contributed by atoms with E-state index in [4.69, 9.17) is 4.74 Å². The van der Waals surface area contributed by atoms with Crippen molar-refractivity contribution in [2.75, 3.05) is 6.61 Å². The van der Waals surface area contributed by atoms with E-state index in [1.165, 1.54) is 12.1 Å². The molecule has 2 rings (SSSR count). The predicted octanol–water partition coefficient (Wildman–Crippen LogP) is 3.42. The molecule has 0 spiro atoms. The second-order valence-corrected chi connectivity index (χ2v) is 5.15. The summed E-state index contributed by atoms with van der Waals surface area (Å²) in [5, 5.41) is 0.636. The van der Waals surface area contributed by atoms with Crippen molar-refractivity contribution >= 4 is 22.7 Å². The van der Waals surface area contributed by atoms with Gasteiger partial charge in [0.15, 0.2) is 0 Å². The van der Waals surface area contributed by atoms with Crippen LogP contribution in [0.3, 0.4) is 0 Å². The van der Waals surface area contributed by atoms with Crippen LogP contribution in [0.15, 0.2) is 18.2 Å². The van der Waals surface area contributed by atoms with Crippen molar-refractivity contribution in [3.05, 3.63) is 35.3 Å². The van der Waals surface area contributed by atoms with Gasteiger partial charge < -0.3 is 9.30 Å². The molecule has 0 aliphatic heterocycles. The third kappa shape index (κ3) is 2.55. The van der Waals surface area contributed by atoms with Crippen LogP contribution in [-0.4, -0.2) is 22.9 Å². The van der Waals surface area contributed by atoms with Crippen LogP contribution in [0.2, 0.25) is 0 Å². The van der Waals surface area contributed by atoms with Crippen LogP contribution in [0.5, 0.6) is 0 Å². The minimum Gasteiger partial charge on any atom is -0.460 e. The highest BCUT2D eigenvalue weighted by Gasteiger charge is 2.27. The number of ketones is 1. The first-order valence-electron chi connectivity index (χ1n) is 6.90. The highest BCUT2D eigenvalue weighted by Crippen LogP contribution is 2.30. The summed E-state index contributed by atoms with van der Waals surface area (Å²) in [4.78, 5) is 24.1. The fourth-order valence-electron chi connectivity index (χ4n) is 2.56. The molecule has 0 bridgehead atoms. The van der Waals surface area contributed by atoms with Crippen molar-refractivity contribution in [1.29, 1.82) is 0 Å². The summed E-state index contributed by atoms with van der Waals surface area (Å²) in [5.41, 5.74) is 1.59. The van der Waals surface area contributed by atoms with Crippen molar-refractivity contribution in [3.8, 4) is 0 Å². The monoisotopic (exact) mass is 291 g/mol. The minimum atomic E-state index is -0.884. The van der Waals surface area contributed by atoms with Gasteiger partial charge in [-0.3, -0.25) is 4.79 Å². The van der Waals surface area contributed by atoms with E-state index < -0.39 is 11.8 Å². The number of fused-ring (bicyclic) bond motifs is 1. The SMILES string of the molecule is CCOC(=O)C(=O)c1c(C)c2cc(F)ccc2n1C(C)C.